The minimum Gasteiger partial charge on any atom is -0.496 e. The third kappa shape index (κ3) is 4.09. The molecular weight excluding hydrogens is 415 g/mol. The Labute approximate surface area is 191 Å². The highest BCUT2D eigenvalue weighted by molar-refractivity contribution is 7.80. The molecule has 0 radical (unpaired) electrons. The van der Waals surface area contributed by atoms with Gasteiger partial charge in [0.25, 0.3) is 0 Å². The summed E-state index contributed by atoms with van der Waals surface area (Å²) in [7, 11) is 4.23. The molecule has 0 aliphatic heterocycles. The minimum atomic E-state index is -0.909. The molecule has 0 aliphatic rings. The lowest BCUT2D eigenvalue weighted by molar-refractivity contribution is 0.397. The summed E-state index contributed by atoms with van der Waals surface area (Å²) in [6.45, 7) is 2.17. The first-order valence-electron chi connectivity index (χ1n) is 10.5. The van der Waals surface area contributed by atoms with Crippen LogP contribution < -0.4 is 30.1 Å². The first-order valence-corrected chi connectivity index (χ1v) is 11.8. The van der Waals surface area contributed by atoms with Gasteiger partial charge in [0.2, 0.25) is 0 Å². The molecule has 1 atom stereocenters. The van der Waals surface area contributed by atoms with Crippen molar-refractivity contribution in [2.24, 2.45) is 0 Å². The number of para-hydroxylation sites is 1. The van der Waals surface area contributed by atoms with Crippen molar-refractivity contribution in [3.05, 3.63) is 96.6 Å². The molecule has 0 saturated carbocycles. The molecule has 0 aromatic heterocycles. The molecule has 32 heavy (non-hydrogen) atoms. The molecule has 0 saturated heterocycles. The van der Waals surface area contributed by atoms with Gasteiger partial charge in [0, 0.05) is 5.30 Å². The van der Waals surface area contributed by atoms with Gasteiger partial charge in [0.1, 0.15) is 17.2 Å². The first-order chi connectivity index (χ1) is 15.7. The Bertz CT molecular complexity index is 1200. The van der Waals surface area contributed by atoms with Crippen LogP contribution in [0.15, 0.2) is 91.0 Å². The molecule has 4 aromatic rings. The van der Waals surface area contributed by atoms with Gasteiger partial charge in [-0.2, -0.15) is 0 Å². The molecular formula is C28H27O3P. The van der Waals surface area contributed by atoms with Crippen LogP contribution in [0.2, 0.25) is 0 Å². The van der Waals surface area contributed by atoms with E-state index in [1.165, 1.54) is 21.5 Å². The molecule has 0 amide bonds. The van der Waals surface area contributed by atoms with Crippen LogP contribution >= 0.6 is 7.92 Å². The highest BCUT2D eigenvalue weighted by atomic mass is 31.1. The number of methoxy groups -OCH3 is 3. The molecule has 3 nitrogen and oxygen atoms in total. The predicted octanol–water partition coefficient (Wildman–Crippen LogP) is 5.45. The average molecular weight is 442 g/mol. The summed E-state index contributed by atoms with van der Waals surface area (Å²) in [5.41, 5.74) is 3.32. The highest BCUT2D eigenvalue weighted by Crippen LogP contribution is 2.44. The van der Waals surface area contributed by atoms with Gasteiger partial charge in [-0.1, -0.05) is 72.8 Å². The van der Waals surface area contributed by atoms with Crippen molar-refractivity contribution in [2.75, 3.05) is 21.3 Å². The van der Waals surface area contributed by atoms with Crippen molar-refractivity contribution in [2.45, 2.75) is 6.92 Å². The lowest BCUT2D eigenvalue weighted by Gasteiger charge is -2.26. The number of hydrogen-bond acceptors (Lipinski definition) is 3. The fourth-order valence-corrected chi connectivity index (χ4v) is 6.74. The number of rotatable bonds is 7. The van der Waals surface area contributed by atoms with Gasteiger partial charge < -0.3 is 14.2 Å². The Balaban J connectivity index is 2.05. The van der Waals surface area contributed by atoms with E-state index in [1.54, 1.807) is 21.3 Å². The number of benzene rings is 4. The summed E-state index contributed by atoms with van der Waals surface area (Å²) < 4.78 is 17.3. The zero-order chi connectivity index (χ0) is 22.5. The van der Waals surface area contributed by atoms with E-state index in [4.69, 9.17) is 14.2 Å². The van der Waals surface area contributed by atoms with Crippen LogP contribution in [0, 0.1) is 6.92 Å². The van der Waals surface area contributed by atoms with E-state index in [0.717, 1.165) is 28.4 Å². The van der Waals surface area contributed by atoms with Crippen molar-refractivity contribution in [3.8, 4) is 28.4 Å². The zero-order valence-electron chi connectivity index (χ0n) is 18.8. The van der Waals surface area contributed by atoms with Crippen LogP contribution in [0.25, 0.3) is 11.1 Å². The highest BCUT2D eigenvalue weighted by Gasteiger charge is 2.26. The maximum atomic E-state index is 5.81. The maximum Gasteiger partial charge on any atom is 0.130 e. The fourth-order valence-electron chi connectivity index (χ4n) is 4.01. The lowest BCUT2D eigenvalue weighted by atomic mass is 10.0. The van der Waals surface area contributed by atoms with Crippen molar-refractivity contribution < 1.29 is 14.2 Å². The predicted molar refractivity (Wildman–Crippen MR) is 135 cm³/mol. The second-order valence-electron chi connectivity index (χ2n) is 7.35. The van der Waals surface area contributed by atoms with E-state index in [9.17, 15) is 0 Å². The average Bonchev–Trinajstić information content (AvgIpc) is 2.85. The molecule has 0 heterocycles. The minimum absolute atomic E-state index is 0.788. The molecule has 4 rings (SSSR count). The van der Waals surface area contributed by atoms with E-state index in [-0.39, 0.29) is 0 Å². The summed E-state index contributed by atoms with van der Waals surface area (Å²) in [4.78, 5) is 0. The third-order valence-corrected chi connectivity index (χ3v) is 8.23. The molecule has 4 heteroatoms. The Morgan fingerprint density at radius 2 is 1.00 bits per heavy atom. The van der Waals surface area contributed by atoms with Crippen molar-refractivity contribution >= 4 is 23.8 Å². The van der Waals surface area contributed by atoms with Crippen LogP contribution in [-0.2, 0) is 0 Å². The van der Waals surface area contributed by atoms with Crippen LogP contribution in [-0.4, -0.2) is 21.3 Å². The maximum absolute atomic E-state index is 5.81. The van der Waals surface area contributed by atoms with Gasteiger partial charge in [-0.3, -0.25) is 0 Å². The summed E-state index contributed by atoms with van der Waals surface area (Å²) in [6, 6.07) is 31.4. The van der Waals surface area contributed by atoms with Gasteiger partial charge in [0.15, 0.2) is 0 Å². The molecule has 162 valence electrons. The molecule has 4 aromatic carbocycles. The summed E-state index contributed by atoms with van der Waals surface area (Å²) in [5.74, 6) is 2.47. The topological polar surface area (TPSA) is 27.7 Å². The summed E-state index contributed by atoms with van der Waals surface area (Å²) >= 11 is 0. The Morgan fingerprint density at radius 3 is 1.62 bits per heavy atom. The van der Waals surface area contributed by atoms with Gasteiger partial charge in [-0.25, -0.2) is 0 Å². The molecule has 0 fully saturated rings. The van der Waals surface area contributed by atoms with E-state index in [2.05, 4.69) is 67.6 Å². The fraction of sp³-hybridized carbons (Fsp3) is 0.143. The van der Waals surface area contributed by atoms with Gasteiger partial charge >= 0.3 is 0 Å². The number of aryl methyl sites for hydroxylation is 1. The van der Waals surface area contributed by atoms with Crippen molar-refractivity contribution in [1.82, 2.24) is 0 Å². The van der Waals surface area contributed by atoms with Gasteiger partial charge in [-0.15, -0.1) is 0 Å². The number of ether oxygens (including phenoxy) is 3. The van der Waals surface area contributed by atoms with Gasteiger partial charge in [-0.05, 0) is 54.8 Å². The van der Waals surface area contributed by atoms with Crippen molar-refractivity contribution in [3.63, 3.8) is 0 Å². The van der Waals surface area contributed by atoms with Crippen LogP contribution in [0.1, 0.15) is 5.56 Å². The second-order valence-corrected chi connectivity index (χ2v) is 9.46. The Kier molecular flexibility index (Phi) is 6.78. The molecule has 1 unspecified atom stereocenters. The molecule has 0 spiro atoms. The second kappa shape index (κ2) is 9.89. The lowest BCUT2D eigenvalue weighted by Crippen LogP contribution is -2.25. The van der Waals surface area contributed by atoms with E-state index in [1.807, 2.05) is 30.3 Å². The third-order valence-electron chi connectivity index (χ3n) is 5.52. The number of hydrogen-bond donors (Lipinski definition) is 0. The first kappa shape index (κ1) is 21.9. The largest absolute Gasteiger partial charge is 0.496 e. The Hall–Kier alpha value is -3.29. The molecule has 0 aliphatic carbocycles. The standard InChI is InChI=1S/C28H27O3P/c1-20-12-5-8-17-25(20)32(27-19-10-7-14-22(27)29-2)26-18-9-6-13-21(26)28-23(30-3)15-11-16-24(28)31-4/h5-19H,1-4H3. The SMILES string of the molecule is COc1ccccc1P(c1ccccc1C)c1ccccc1-c1c(OC)cccc1OC. The Morgan fingerprint density at radius 1 is 0.500 bits per heavy atom. The molecule has 0 bridgehead atoms. The van der Waals surface area contributed by atoms with Crippen LogP contribution in [0.5, 0.6) is 17.2 Å². The van der Waals surface area contributed by atoms with Crippen molar-refractivity contribution in [1.29, 1.82) is 0 Å². The zero-order valence-corrected chi connectivity index (χ0v) is 19.7. The quantitative estimate of drug-likeness (QED) is 0.357. The van der Waals surface area contributed by atoms with Crippen LogP contribution in [0.3, 0.4) is 0 Å². The normalized spacial score (nSPS) is 11.6. The summed E-state index contributed by atoms with van der Waals surface area (Å²) in [6.07, 6.45) is 0. The van der Waals surface area contributed by atoms with Gasteiger partial charge in [0.05, 0.1) is 26.9 Å². The monoisotopic (exact) mass is 442 g/mol. The smallest absolute Gasteiger partial charge is 0.130 e. The van der Waals surface area contributed by atoms with Crippen LogP contribution in [0.4, 0.5) is 0 Å². The summed E-state index contributed by atoms with van der Waals surface area (Å²) in [5, 5.41) is 3.71. The molecule has 0 N–H and O–H groups in total. The van der Waals surface area contributed by atoms with E-state index < -0.39 is 7.92 Å². The van der Waals surface area contributed by atoms with E-state index in [0.29, 0.717) is 0 Å². The van der Waals surface area contributed by atoms with E-state index >= 15 is 0 Å².